The number of hydrogen-bond donors (Lipinski definition) is 2. The summed E-state index contributed by atoms with van der Waals surface area (Å²) in [7, 11) is -9.88. The van der Waals surface area contributed by atoms with Crippen LogP contribution in [0.1, 0.15) is 37.8 Å². The van der Waals surface area contributed by atoms with Crippen LogP contribution in [0.5, 0.6) is 0 Å². The zero-order valence-corrected chi connectivity index (χ0v) is 25.5. The van der Waals surface area contributed by atoms with E-state index in [0.717, 1.165) is 37.7 Å². The van der Waals surface area contributed by atoms with Crippen molar-refractivity contribution in [1.29, 1.82) is 0 Å². The third-order valence-electron chi connectivity index (χ3n) is 7.81. The molecular formula is C31H37N3O6S2. The second-order valence-corrected chi connectivity index (χ2v) is 13.1. The SMILES string of the molecule is CCN(CC)c1ccc(C(=C2C=CC(CC[NH3+])(CC[NH3+])C=C2)c2c(S(=O)(=O)[O-])ccc3ccc(S(=O)(=O)[O-])cc23)cc1. The van der Waals surface area contributed by atoms with E-state index in [2.05, 4.69) is 42.4 Å². The van der Waals surface area contributed by atoms with Crippen LogP contribution in [0.3, 0.4) is 0 Å². The Bertz CT molecular complexity index is 1740. The predicted molar refractivity (Wildman–Crippen MR) is 161 cm³/mol. The summed E-state index contributed by atoms with van der Waals surface area (Å²) in [6.07, 6.45) is 9.55. The van der Waals surface area contributed by atoms with Gasteiger partial charge in [-0.2, -0.15) is 0 Å². The molecule has 0 radical (unpaired) electrons. The predicted octanol–water partition coefficient (Wildman–Crippen LogP) is 2.67. The van der Waals surface area contributed by atoms with E-state index in [9.17, 15) is 25.9 Å². The van der Waals surface area contributed by atoms with Gasteiger partial charge in [-0.3, -0.25) is 0 Å². The van der Waals surface area contributed by atoms with Gasteiger partial charge in [0, 0.05) is 42.6 Å². The topological polar surface area (TPSA) is 173 Å². The molecule has 1 aliphatic carbocycles. The van der Waals surface area contributed by atoms with Crippen LogP contribution in [-0.4, -0.2) is 52.1 Å². The first-order valence-electron chi connectivity index (χ1n) is 13.9. The van der Waals surface area contributed by atoms with Crippen molar-refractivity contribution >= 4 is 42.3 Å². The van der Waals surface area contributed by atoms with Gasteiger partial charge in [0.1, 0.15) is 20.2 Å². The molecule has 9 nitrogen and oxygen atoms in total. The smallest absolute Gasteiger partial charge is 0.125 e. The molecule has 3 aromatic carbocycles. The van der Waals surface area contributed by atoms with E-state index in [1.54, 1.807) is 0 Å². The summed E-state index contributed by atoms with van der Waals surface area (Å²) in [5, 5.41) is 0.656. The molecule has 0 aliphatic heterocycles. The van der Waals surface area contributed by atoms with Crippen molar-refractivity contribution in [3.05, 3.63) is 95.6 Å². The summed E-state index contributed by atoms with van der Waals surface area (Å²) in [4.78, 5) is 1.15. The van der Waals surface area contributed by atoms with Gasteiger partial charge >= 0.3 is 0 Å². The molecule has 0 bridgehead atoms. The van der Waals surface area contributed by atoms with Gasteiger partial charge < -0.3 is 25.5 Å². The van der Waals surface area contributed by atoms with Crippen molar-refractivity contribution in [3.63, 3.8) is 0 Å². The molecule has 1 aliphatic rings. The van der Waals surface area contributed by atoms with Gasteiger partial charge in [-0.25, -0.2) is 16.8 Å². The van der Waals surface area contributed by atoms with E-state index in [1.165, 1.54) is 24.3 Å². The van der Waals surface area contributed by atoms with Gasteiger partial charge in [0.2, 0.25) is 0 Å². The minimum Gasteiger partial charge on any atom is -0.744 e. The molecule has 42 heavy (non-hydrogen) atoms. The van der Waals surface area contributed by atoms with Crippen LogP contribution in [0, 0.1) is 5.41 Å². The largest absolute Gasteiger partial charge is 0.744 e. The lowest BCUT2D eigenvalue weighted by atomic mass is 9.76. The Labute approximate surface area is 247 Å². The van der Waals surface area contributed by atoms with E-state index >= 15 is 0 Å². The number of anilines is 1. The van der Waals surface area contributed by atoms with Crippen molar-refractivity contribution in [2.75, 3.05) is 31.1 Å². The van der Waals surface area contributed by atoms with Gasteiger partial charge in [-0.1, -0.05) is 48.6 Å². The Balaban J connectivity index is 2.12. The summed E-state index contributed by atoms with van der Waals surface area (Å²) < 4.78 is 74.0. The summed E-state index contributed by atoms with van der Waals surface area (Å²) in [6, 6.07) is 14.0. The number of benzene rings is 3. The third kappa shape index (κ3) is 6.51. The minimum atomic E-state index is -5.02. The van der Waals surface area contributed by atoms with Gasteiger partial charge in [0.05, 0.1) is 22.9 Å². The van der Waals surface area contributed by atoms with Gasteiger partial charge in [0.25, 0.3) is 0 Å². The molecule has 6 N–H and O–H groups in total. The monoisotopic (exact) mass is 611 g/mol. The van der Waals surface area contributed by atoms with Crippen molar-refractivity contribution in [3.8, 4) is 0 Å². The molecule has 3 aromatic rings. The summed E-state index contributed by atoms with van der Waals surface area (Å²) in [6.45, 7) is 7.11. The van der Waals surface area contributed by atoms with Crippen LogP contribution in [0.25, 0.3) is 16.3 Å². The van der Waals surface area contributed by atoms with Crippen LogP contribution in [0.4, 0.5) is 5.69 Å². The molecule has 0 unspecified atom stereocenters. The highest BCUT2D eigenvalue weighted by Gasteiger charge is 2.28. The van der Waals surface area contributed by atoms with Crippen LogP contribution in [-0.2, 0) is 20.2 Å². The molecule has 0 atom stereocenters. The van der Waals surface area contributed by atoms with Crippen LogP contribution in [0.2, 0.25) is 0 Å². The highest BCUT2D eigenvalue weighted by atomic mass is 32.2. The quantitative estimate of drug-likeness (QED) is 0.314. The molecule has 0 aromatic heterocycles. The molecule has 4 rings (SSSR count). The van der Waals surface area contributed by atoms with Crippen LogP contribution in [0.15, 0.2) is 94.3 Å². The fourth-order valence-corrected chi connectivity index (χ4v) is 6.88. The Morgan fingerprint density at radius 2 is 1.38 bits per heavy atom. The number of hydrogen-bond acceptors (Lipinski definition) is 7. The van der Waals surface area contributed by atoms with E-state index in [1.807, 2.05) is 36.4 Å². The Morgan fingerprint density at radius 3 is 1.88 bits per heavy atom. The second kappa shape index (κ2) is 12.5. The van der Waals surface area contributed by atoms with Crippen LogP contribution >= 0.6 is 0 Å². The molecule has 0 fully saturated rings. The normalized spacial score (nSPS) is 14.9. The van der Waals surface area contributed by atoms with E-state index in [0.29, 0.717) is 35.2 Å². The lowest BCUT2D eigenvalue weighted by Crippen LogP contribution is -2.54. The van der Waals surface area contributed by atoms with Crippen molar-refractivity contribution in [2.45, 2.75) is 36.5 Å². The molecule has 224 valence electrons. The number of quaternary nitrogens is 2. The average Bonchev–Trinajstić information content (AvgIpc) is 2.94. The third-order valence-corrected chi connectivity index (χ3v) is 9.52. The number of rotatable bonds is 11. The standard InChI is InChI=1S/C31H37N3O6S2/c1-3-34(4-2)25-9-5-23(6-10-25)29(24-13-15-31(16-14-24,17-19-32)18-20-33)30-27-21-26(41(35,36)37)11-7-22(27)8-12-28(30)42(38,39)40/h5-16,21H,3-4,17-20,32-33H2,1-2H3,(H,35,36,37)(H,38,39,40). The summed E-state index contributed by atoms with van der Waals surface area (Å²) >= 11 is 0. The van der Waals surface area contributed by atoms with E-state index in [-0.39, 0.29) is 16.4 Å². The van der Waals surface area contributed by atoms with E-state index < -0.39 is 30.0 Å². The maximum absolute atomic E-state index is 12.7. The fourth-order valence-electron chi connectivity index (χ4n) is 5.69. The van der Waals surface area contributed by atoms with Gasteiger partial charge in [-0.05, 0) is 71.7 Å². The Kier molecular flexibility index (Phi) is 9.41. The van der Waals surface area contributed by atoms with Crippen LogP contribution < -0.4 is 16.4 Å². The van der Waals surface area contributed by atoms with Gasteiger partial charge in [0.15, 0.2) is 0 Å². The number of fused-ring (bicyclic) bond motifs is 1. The highest BCUT2D eigenvalue weighted by molar-refractivity contribution is 7.86. The average molecular weight is 612 g/mol. The summed E-state index contributed by atoms with van der Waals surface area (Å²) in [5.74, 6) is 0. The molecule has 0 saturated heterocycles. The minimum absolute atomic E-state index is 0.0507. The zero-order chi connectivity index (χ0) is 30.7. The lowest BCUT2D eigenvalue weighted by molar-refractivity contribution is -0.379. The first-order valence-corrected chi connectivity index (χ1v) is 16.7. The second-order valence-electron chi connectivity index (χ2n) is 10.4. The van der Waals surface area contributed by atoms with Crippen molar-refractivity contribution in [2.24, 2.45) is 5.41 Å². The molecule has 11 heteroatoms. The maximum Gasteiger partial charge on any atom is 0.125 e. The molecule has 0 heterocycles. The molecule has 0 spiro atoms. The molecule has 0 amide bonds. The number of allylic oxidation sites excluding steroid dienone is 5. The number of nitrogens with zero attached hydrogens (tertiary/aromatic N) is 1. The highest BCUT2D eigenvalue weighted by Crippen LogP contribution is 2.42. The molecule has 0 saturated carbocycles. The first kappa shape index (κ1) is 31.6. The molecular weight excluding hydrogens is 574 g/mol. The van der Waals surface area contributed by atoms with Gasteiger partial charge in [-0.15, -0.1) is 0 Å². The maximum atomic E-state index is 12.7. The fraction of sp³-hybridized carbons (Fsp3) is 0.290. The van der Waals surface area contributed by atoms with Crippen molar-refractivity contribution in [1.82, 2.24) is 0 Å². The van der Waals surface area contributed by atoms with Crippen molar-refractivity contribution < 1.29 is 37.4 Å². The first-order chi connectivity index (χ1) is 19.9. The Morgan fingerprint density at radius 1 is 0.810 bits per heavy atom. The lowest BCUT2D eigenvalue weighted by Gasteiger charge is -2.29. The zero-order valence-electron chi connectivity index (χ0n) is 23.9. The summed E-state index contributed by atoms with van der Waals surface area (Å²) in [5.41, 5.74) is 10.5. The van der Waals surface area contributed by atoms with E-state index in [4.69, 9.17) is 0 Å². The Hall–Kier alpha value is -3.32.